The Hall–Kier alpha value is -3.87. The average Bonchev–Trinajstić information content (AvgIpc) is 2.84. The van der Waals surface area contributed by atoms with Crippen molar-refractivity contribution in [3.05, 3.63) is 111 Å². The smallest absolute Gasteiger partial charge is 0.335 e. The summed E-state index contributed by atoms with van der Waals surface area (Å²) in [4.78, 5) is 39.0. The number of carbonyl (C=O) groups is 3. The molecule has 1 N–H and O–H groups in total. The summed E-state index contributed by atoms with van der Waals surface area (Å²) >= 11 is 12.1. The number of hydrogen-bond acceptors (Lipinski definition) is 4. The molecule has 4 amide bonds. The van der Waals surface area contributed by atoms with Gasteiger partial charge in [-0.15, -0.1) is 6.58 Å². The second-order valence-electron chi connectivity index (χ2n) is 8.19. The molecule has 0 aliphatic carbocycles. The van der Waals surface area contributed by atoms with Gasteiger partial charge in [-0.3, -0.25) is 14.9 Å². The minimum absolute atomic E-state index is 0.149. The minimum atomic E-state index is -0.788. The number of amides is 4. The molecule has 0 radical (unpaired) electrons. The molecule has 1 saturated heterocycles. The van der Waals surface area contributed by atoms with Crippen molar-refractivity contribution in [1.29, 1.82) is 0 Å². The summed E-state index contributed by atoms with van der Waals surface area (Å²) in [5.41, 5.74) is 3.47. The minimum Gasteiger partial charge on any atom is -0.489 e. The van der Waals surface area contributed by atoms with Gasteiger partial charge < -0.3 is 4.74 Å². The molecule has 1 fully saturated rings. The van der Waals surface area contributed by atoms with Crippen LogP contribution in [-0.4, -0.2) is 17.8 Å². The lowest BCUT2D eigenvalue weighted by atomic mass is 10.0. The lowest BCUT2D eigenvalue weighted by molar-refractivity contribution is -0.122. The highest BCUT2D eigenvalue weighted by Crippen LogP contribution is 2.27. The number of allylic oxidation sites excluding steroid dienone is 1. The summed E-state index contributed by atoms with van der Waals surface area (Å²) in [5.74, 6) is -0.824. The topological polar surface area (TPSA) is 75.7 Å². The molecule has 0 aromatic heterocycles. The molecule has 1 aliphatic heterocycles. The Labute approximate surface area is 218 Å². The van der Waals surface area contributed by atoms with Gasteiger partial charge in [0.2, 0.25) is 0 Å². The zero-order valence-corrected chi connectivity index (χ0v) is 20.9. The maximum atomic E-state index is 13.1. The molecular formula is C28H22Cl2N2O4. The molecule has 182 valence electrons. The molecule has 0 atom stereocenters. The van der Waals surface area contributed by atoms with Gasteiger partial charge in [0.15, 0.2) is 0 Å². The third-order valence-electron chi connectivity index (χ3n) is 5.53. The first kappa shape index (κ1) is 25.2. The van der Waals surface area contributed by atoms with E-state index in [2.05, 4.69) is 11.9 Å². The highest BCUT2D eigenvalue weighted by Gasteiger charge is 2.36. The van der Waals surface area contributed by atoms with Gasteiger partial charge >= 0.3 is 6.03 Å². The number of benzene rings is 3. The predicted octanol–water partition coefficient (Wildman–Crippen LogP) is 6.28. The molecule has 36 heavy (non-hydrogen) atoms. The Morgan fingerprint density at radius 1 is 0.972 bits per heavy atom. The highest BCUT2D eigenvalue weighted by molar-refractivity contribution is 6.42. The van der Waals surface area contributed by atoms with Crippen molar-refractivity contribution in [2.45, 2.75) is 20.0 Å². The van der Waals surface area contributed by atoms with Crippen molar-refractivity contribution in [3.63, 3.8) is 0 Å². The van der Waals surface area contributed by atoms with Crippen molar-refractivity contribution < 1.29 is 19.1 Å². The predicted molar refractivity (Wildman–Crippen MR) is 141 cm³/mol. The standard InChI is InChI=1S/C28H22Cl2N2O4/c1-3-4-20-13-18(8-12-25(20)36-16-19-7-11-23(29)24(30)15-19)14-22-26(33)31-28(35)32(27(22)34)21-9-5-17(2)6-10-21/h3,5-15H,1,4,16H2,2H3,(H,31,33,35)/b22-14+. The third kappa shape index (κ3) is 5.51. The second kappa shape index (κ2) is 10.8. The van der Waals surface area contributed by atoms with E-state index in [9.17, 15) is 14.4 Å². The molecule has 0 spiro atoms. The fraction of sp³-hybridized carbons (Fsp3) is 0.107. The molecule has 0 unspecified atom stereocenters. The monoisotopic (exact) mass is 520 g/mol. The highest BCUT2D eigenvalue weighted by atomic mass is 35.5. The van der Waals surface area contributed by atoms with Gasteiger partial charge in [0.1, 0.15) is 17.9 Å². The van der Waals surface area contributed by atoms with E-state index < -0.39 is 17.8 Å². The van der Waals surface area contributed by atoms with Crippen molar-refractivity contribution >= 4 is 52.8 Å². The number of nitrogens with zero attached hydrogens (tertiary/aromatic N) is 1. The van der Waals surface area contributed by atoms with Crippen LogP contribution in [0, 0.1) is 6.92 Å². The molecule has 0 saturated carbocycles. The number of aryl methyl sites for hydroxylation is 1. The maximum Gasteiger partial charge on any atom is 0.335 e. The lowest BCUT2D eigenvalue weighted by Crippen LogP contribution is -2.54. The molecule has 1 heterocycles. The van der Waals surface area contributed by atoms with Crippen molar-refractivity contribution in [3.8, 4) is 5.75 Å². The van der Waals surface area contributed by atoms with E-state index in [4.69, 9.17) is 27.9 Å². The van der Waals surface area contributed by atoms with Crippen molar-refractivity contribution in [1.82, 2.24) is 5.32 Å². The molecule has 8 heteroatoms. The van der Waals surface area contributed by atoms with Crippen LogP contribution in [0.3, 0.4) is 0 Å². The number of rotatable bonds is 7. The number of carbonyl (C=O) groups excluding carboxylic acids is 3. The first-order chi connectivity index (χ1) is 17.3. The first-order valence-corrected chi connectivity index (χ1v) is 11.8. The SMILES string of the molecule is C=CCc1cc(/C=C2\C(=O)NC(=O)N(c3ccc(C)cc3)C2=O)ccc1OCc1ccc(Cl)c(Cl)c1. The Bertz CT molecular complexity index is 1400. The van der Waals surface area contributed by atoms with Gasteiger partial charge in [-0.25, -0.2) is 9.69 Å². The number of nitrogens with one attached hydrogen (secondary N) is 1. The lowest BCUT2D eigenvalue weighted by Gasteiger charge is -2.26. The summed E-state index contributed by atoms with van der Waals surface area (Å²) in [6, 6.07) is 16.7. The summed E-state index contributed by atoms with van der Waals surface area (Å²) in [5, 5.41) is 3.15. The van der Waals surface area contributed by atoms with E-state index >= 15 is 0 Å². The number of imide groups is 2. The zero-order valence-electron chi connectivity index (χ0n) is 19.4. The van der Waals surface area contributed by atoms with E-state index in [-0.39, 0.29) is 12.2 Å². The van der Waals surface area contributed by atoms with Gasteiger partial charge in [-0.2, -0.15) is 0 Å². The largest absolute Gasteiger partial charge is 0.489 e. The maximum absolute atomic E-state index is 13.1. The van der Waals surface area contributed by atoms with E-state index in [0.29, 0.717) is 33.5 Å². The van der Waals surface area contributed by atoms with Crippen LogP contribution in [0.4, 0.5) is 10.5 Å². The summed E-state index contributed by atoms with van der Waals surface area (Å²) in [6.45, 7) is 5.97. The molecule has 6 nitrogen and oxygen atoms in total. The van der Waals surface area contributed by atoms with E-state index in [1.165, 1.54) is 6.08 Å². The molecule has 3 aromatic carbocycles. The van der Waals surface area contributed by atoms with Crippen LogP contribution in [0.1, 0.15) is 22.3 Å². The normalized spacial score (nSPS) is 14.7. The number of barbiturate groups is 1. The van der Waals surface area contributed by atoms with Gasteiger partial charge in [-0.05, 0) is 72.5 Å². The summed E-state index contributed by atoms with van der Waals surface area (Å²) in [6.07, 6.45) is 3.69. The van der Waals surface area contributed by atoms with Gasteiger partial charge in [0.25, 0.3) is 11.8 Å². The number of halogens is 2. The number of hydrogen-bond donors (Lipinski definition) is 1. The Balaban J connectivity index is 1.60. The first-order valence-electron chi connectivity index (χ1n) is 11.1. The van der Waals surface area contributed by atoms with E-state index in [0.717, 1.165) is 21.6 Å². The molecule has 3 aromatic rings. The van der Waals surface area contributed by atoms with Gasteiger partial charge in [0, 0.05) is 0 Å². The molecule has 1 aliphatic rings. The van der Waals surface area contributed by atoms with Crippen molar-refractivity contribution in [2.75, 3.05) is 4.90 Å². The summed E-state index contributed by atoms with van der Waals surface area (Å²) < 4.78 is 5.99. The molecule has 4 rings (SSSR count). The third-order valence-corrected chi connectivity index (χ3v) is 6.27. The van der Waals surface area contributed by atoms with E-state index in [1.807, 2.05) is 19.1 Å². The van der Waals surface area contributed by atoms with Gasteiger partial charge in [-0.1, -0.05) is 59.1 Å². The second-order valence-corrected chi connectivity index (χ2v) is 9.00. The Morgan fingerprint density at radius 3 is 2.42 bits per heavy atom. The van der Waals surface area contributed by atoms with Crippen molar-refractivity contribution in [2.24, 2.45) is 0 Å². The van der Waals surface area contributed by atoms with Crippen LogP contribution in [0.2, 0.25) is 10.0 Å². The van der Waals surface area contributed by atoms with Crippen LogP contribution in [0.25, 0.3) is 6.08 Å². The van der Waals surface area contributed by atoms with Crippen LogP contribution < -0.4 is 15.0 Å². The number of anilines is 1. The van der Waals surface area contributed by atoms with E-state index in [1.54, 1.807) is 54.6 Å². The summed E-state index contributed by atoms with van der Waals surface area (Å²) in [7, 11) is 0. The fourth-order valence-electron chi connectivity index (χ4n) is 3.69. The molecule has 0 bridgehead atoms. The Kier molecular flexibility index (Phi) is 7.58. The Morgan fingerprint density at radius 2 is 1.72 bits per heavy atom. The zero-order chi connectivity index (χ0) is 25.8. The fourth-order valence-corrected chi connectivity index (χ4v) is 4.01. The molecular weight excluding hydrogens is 499 g/mol. The number of urea groups is 1. The van der Waals surface area contributed by atoms with Crippen LogP contribution in [-0.2, 0) is 22.6 Å². The van der Waals surface area contributed by atoms with Crippen LogP contribution in [0.15, 0.2) is 78.9 Å². The van der Waals surface area contributed by atoms with Gasteiger partial charge in [0.05, 0.1) is 15.7 Å². The number of ether oxygens (including phenoxy) is 1. The van der Waals surface area contributed by atoms with Crippen LogP contribution >= 0.6 is 23.2 Å². The average molecular weight is 521 g/mol. The quantitative estimate of drug-likeness (QED) is 0.226. The van der Waals surface area contributed by atoms with Crippen LogP contribution in [0.5, 0.6) is 5.75 Å².